The number of pyridine rings is 1. The van der Waals surface area contributed by atoms with Crippen LogP contribution in [0.4, 0.5) is 5.69 Å². The molecule has 1 unspecified atom stereocenters. The number of aliphatic hydroxyl groups excluding tert-OH is 3. The zero-order valence-electron chi connectivity index (χ0n) is 10.7. The summed E-state index contributed by atoms with van der Waals surface area (Å²) >= 11 is 0. The Morgan fingerprint density at radius 3 is 2.90 bits per heavy atom. The largest absolute Gasteiger partial charge is 0.394 e. The molecule has 0 spiro atoms. The quantitative estimate of drug-likeness (QED) is 0.411. The van der Waals surface area contributed by atoms with E-state index in [2.05, 4.69) is 20.1 Å². The van der Waals surface area contributed by atoms with Gasteiger partial charge >= 0.3 is 0 Å². The number of hydrogen-bond donors (Lipinski definition) is 3. The first kappa shape index (κ1) is 13.7. The maximum atomic E-state index is 10.0. The lowest BCUT2D eigenvalue weighted by Gasteiger charge is -2.15. The second-order valence-electron chi connectivity index (χ2n) is 4.57. The highest BCUT2D eigenvalue weighted by Gasteiger charge is 2.44. The monoisotopic (exact) mass is 292 g/mol. The zero-order valence-corrected chi connectivity index (χ0v) is 10.7. The van der Waals surface area contributed by atoms with Gasteiger partial charge in [-0.3, -0.25) is 0 Å². The van der Waals surface area contributed by atoms with Crippen LogP contribution in [0.3, 0.4) is 0 Å². The van der Waals surface area contributed by atoms with Gasteiger partial charge in [-0.2, -0.15) is 5.10 Å². The van der Waals surface area contributed by atoms with Crippen LogP contribution in [-0.4, -0.2) is 55.0 Å². The van der Waals surface area contributed by atoms with Crippen LogP contribution in [-0.2, 0) is 4.74 Å². The van der Waals surface area contributed by atoms with E-state index in [9.17, 15) is 10.2 Å². The number of ether oxygens (including phenoxy) is 1. The predicted octanol–water partition coefficient (Wildman–Crippen LogP) is -0.0154. The molecule has 3 rings (SSSR count). The molecular weight excluding hydrogens is 280 g/mol. The van der Waals surface area contributed by atoms with Crippen LogP contribution in [0, 0.1) is 0 Å². The average Bonchev–Trinajstić information content (AvgIpc) is 3.03. The van der Waals surface area contributed by atoms with Crippen LogP contribution in [0.2, 0.25) is 0 Å². The van der Waals surface area contributed by atoms with Crippen molar-refractivity contribution in [2.45, 2.75) is 24.5 Å². The first-order valence-corrected chi connectivity index (χ1v) is 6.17. The third-order valence-electron chi connectivity index (χ3n) is 3.38. The Morgan fingerprint density at radius 1 is 1.43 bits per heavy atom. The summed E-state index contributed by atoms with van der Waals surface area (Å²) in [5.74, 6) is 0. The minimum atomic E-state index is -1.25. The first-order valence-electron chi connectivity index (χ1n) is 6.17. The highest BCUT2D eigenvalue weighted by Crippen LogP contribution is 2.32. The van der Waals surface area contributed by atoms with Crippen molar-refractivity contribution in [2.24, 2.45) is 5.11 Å². The molecule has 1 fully saturated rings. The van der Waals surface area contributed by atoms with Gasteiger partial charge in [-0.15, -0.1) is 0 Å². The van der Waals surface area contributed by atoms with E-state index in [-0.39, 0.29) is 0 Å². The molecule has 1 aliphatic heterocycles. The number of azide groups is 1. The fourth-order valence-corrected chi connectivity index (χ4v) is 2.34. The number of hydrogen-bond acceptors (Lipinski definition) is 7. The number of fused-ring (bicyclic) bond motifs is 1. The van der Waals surface area contributed by atoms with Crippen LogP contribution in [0.15, 0.2) is 23.6 Å². The van der Waals surface area contributed by atoms with Gasteiger partial charge in [-0.05, 0) is 11.6 Å². The molecule has 10 heteroatoms. The molecule has 0 aromatic carbocycles. The van der Waals surface area contributed by atoms with E-state index < -0.39 is 31.1 Å². The van der Waals surface area contributed by atoms with Gasteiger partial charge in [0, 0.05) is 16.5 Å². The van der Waals surface area contributed by atoms with Gasteiger partial charge in [0.25, 0.3) is 0 Å². The van der Waals surface area contributed by atoms with Gasteiger partial charge in [0.2, 0.25) is 0 Å². The number of aromatic nitrogens is 3. The lowest BCUT2D eigenvalue weighted by Crippen LogP contribution is -2.33. The van der Waals surface area contributed by atoms with Crippen LogP contribution >= 0.6 is 0 Å². The lowest BCUT2D eigenvalue weighted by molar-refractivity contribution is -0.0566. The van der Waals surface area contributed by atoms with Crippen molar-refractivity contribution in [2.75, 3.05) is 6.61 Å². The summed E-state index contributed by atoms with van der Waals surface area (Å²) in [7, 11) is 0. The molecule has 3 N–H and O–H groups in total. The predicted molar refractivity (Wildman–Crippen MR) is 69.3 cm³/mol. The Morgan fingerprint density at radius 2 is 2.24 bits per heavy atom. The second-order valence-corrected chi connectivity index (χ2v) is 4.57. The van der Waals surface area contributed by atoms with Crippen molar-refractivity contribution in [3.05, 3.63) is 28.9 Å². The van der Waals surface area contributed by atoms with E-state index >= 15 is 0 Å². The Bertz CT molecular complexity index is 712. The molecule has 1 saturated heterocycles. The fraction of sp³-hybridized carbons (Fsp3) is 0.455. The summed E-state index contributed by atoms with van der Waals surface area (Å²) in [5, 5.41) is 37.0. The first-order chi connectivity index (χ1) is 10.2. The van der Waals surface area contributed by atoms with Gasteiger partial charge in [0.05, 0.1) is 18.5 Å². The molecule has 10 nitrogen and oxygen atoms in total. The molecule has 4 atom stereocenters. The molecule has 110 valence electrons. The molecule has 2 aromatic rings. The van der Waals surface area contributed by atoms with Crippen LogP contribution in [0.5, 0.6) is 0 Å². The van der Waals surface area contributed by atoms with E-state index in [1.807, 2.05) is 0 Å². The van der Waals surface area contributed by atoms with Crippen molar-refractivity contribution < 1.29 is 20.1 Å². The zero-order chi connectivity index (χ0) is 15.0. The molecular formula is C11H12N6O4. The van der Waals surface area contributed by atoms with Crippen LogP contribution in [0.1, 0.15) is 6.23 Å². The number of rotatable bonds is 3. The van der Waals surface area contributed by atoms with E-state index in [1.54, 1.807) is 0 Å². The highest BCUT2D eigenvalue weighted by atomic mass is 16.6. The summed E-state index contributed by atoms with van der Waals surface area (Å²) in [6.07, 6.45) is -1.49. The van der Waals surface area contributed by atoms with Gasteiger partial charge < -0.3 is 20.1 Å². The summed E-state index contributed by atoms with van der Waals surface area (Å²) in [5.41, 5.74) is 9.22. The van der Waals surface area contributed by atoms with Gasteiger partial charge in [0.15, 0.2) is 11.9 Å². The SMILES string of the molecule is [N-]=[N+]=Nc1ccnc2c1cnn2C1O[C@H](CO)[C@@H](O)[C@H]1O. The minimum Gasteiger partial charge on any atom is -0.394 e. The third-order valence-corrected chi connectivity index (χ3v) is 3.38. The van der Waals surface area contributed by atoms with Crippen LogP contribution < -0.4 is 0 Å². The lowest BCUT2D eigenvalue weighted by atomic mass is 10.1. The molecule has 2 aromatic heterocycles. The van der Waals surface area contributed by atoms with Crippen molar-refractivity contribution in [1.82, 2.24) is 14.8 Å². The summed E-state index contributed by atoms with van der Waals surface area (Å²) in [4.78, 5) is 6.84. The Labute approximate surface area is 117 Å². The van der Waals surface area contributed by atoms with Crippen LogP contribution in [0.25, 0.3) is 21.5 Å². The molecule has 0 amide bonds. The minimum absolute atomic E-state index is 0.342. The Balaban J connectivity index is 2.06. The third kappa shape index (κ3) is 2.11. The fourth-order valence-electron chi connectivity index (χ4n) is 2.34. The topological polar surface area (TPSA) is 149 Å². The summed E-state index contributed by atoms with van der Waals surface area (Å²) < 4.78 is 6.68. The molecule has 3 heterocycles. The molecule has 0 saturated carbocycles. The van der Waals surface area contributed by atoms with Gasteiger partial charge in [0.1, 0.15) is 18.3 Å². The van der Waals surface area contributed by atoms with Gasteiger partial charge in [-0.1, -0.05) is 5.11 Å². The van der Waals surface area contributed by atoms with E-state index in [4.69, 9.17) is 15.4 Å². The molecule has 21 heavy (non-hydrogen) atoms. The summed E-state index contributed by atoms with van der Waals surface area (Å²) in [6.45, 7) is -0.425. The van der Waals surface area contributed by atoms with E-state index in [0.29, 0.717) is 16.7 Å². The number of nitrogens with zero attached hydrogens (tertiary/aromatic N) is 6. The molecule has 1 aliphatic rings. The molecule has 0 radical (unpaired) electrons. The molecule has 0 aliphatic carbocycles. The Kier molecular flexibility index (Phi) is 3.45. The highest BCUT2D eigenvalue weighted by molar-refractivity contribution is 5.86. The van der Waals surface area contributed by atoms with Crippen molar-refractivity contribution >= 4 is 16.7 Å². The number of aliphatic hydroxyl groups is 3. The maximum Gasteiger partial charge on any atom is 0.181 e. The maximum absolute atomic E-state index is 10.0. The standard InChI is InChI=1S/C11H12N6O4/c12-16-15-6-1-2-13-10-5(6)3-14-17(10)11-9(20)8(19)7(4-18)21-11/h1-3,7-9,11,18-20H,4H2/t7-,8-,9-,11?/m1/s1. The van der Waals surface area contributed by atoms with E-state index in [0.717, 1.165) is 0 Å². The average molecular weight is 292 g/mol. The van der Waals surface area contributed by atoms with E-state index in [1.165, 1.54) is 23.1 Å². The second kappa shape index (κ2) is 5.28. The Hall–Kier alpha value is -2.23. The van der Waals surface area contributed by atoms with Crippen molar-refractivity contribution in [3.63, 3.8) is 0 Å². The molecule has 0 bridgehead atoms. The smallest absolute Gasteiger partial charge is 0.181 e. The van der Waals surface area contributed by atoms with Crippen molar-refractivity contribution in [1.29, 1.82) is 0 Å². The van der Waals surface area contributed by atoms with Gasteiger partial charge in [-0.25, -0.2) is 9.67 Å². The summed E-state index contributed by atoms with van der Waals surface area (Å²) in [6, 6.07) is 1.53. The van der Waals surface area contributed by atoms with Crippen molar-refractivity contribution in [3.8, 4) is 0 Å². The normalized spacial score (nSPS) is 28.7.